The van der Waals surface area contributed by atoms with E-state index >= 15 is 0 Å². The summed E-state index contributed by atoms with van der Waals surface area (Å²) in [6, 6.07) is 0.104. The molecule has 0 aromatic carbocycles. The van der Waals surface area contributed by atoms with Gasteiger partial charge in [-0.3, -0.25) is 9.48 Å². The van der Waals surface area contributed by atoms with Crippen molar-refractivity contribution in [3.8, 4) is 5.75 Å². The molecule has 0 amide bonds. The van der Waals surface area contributed by atoms with Gasteiger partial charge in [0.25, 0.3) is 0 Å². The summed E-state index contributed by atoms with van der Waals surface area (Å²) in [6.45, 7) is 5.63. The molecular weight excluding hydrogens is 208 g/mol. The van der Waals surface area contributed by atoms with Crippen LogP contribution in [-0.2, 0) is 4.74 Å². The summed E-state index contributed by atoms with van der Waals surface area (Å²) in [6.07, 6.45) is 1.05. The average molecular weight is 226 g/mol. The largest absolute Gasteiger partial charge is 0.493 e. The number of hydrogen-bond donors (Lipinski definition) is 0. The van der Waals surface area contributed by atoms with Gasteiger partial charge in [0.05, 0.1) is 13.3 Å². The van der Waals surface area contributed by atoms with Gasteiger partial charge in [-0.2, -0.15) is 5.10 Å². The third-order valence-corrected chi connectivity index (χ3v) is 2.43. The van der Waals surface area contributed by atoms with Crippen molar-refractivity contribution in [2.24, 2.45) is 0 Å². The van der Waals surface area contributed by atoms with Gasteiger partial charge in [-0.1, -0.05) is 0 Å². The Balaban J connectivity index is 3.17. The number of ether oxygens (including phenoxy) is 2. The van der Waals surface area contributed by atoms with Crippen LogP contribution in [-0.4, -0.2) is 35.9 Å². The third kappa shape index (κ3) is 2.24. The van der Waals surface area contributed by atoms with Crippen LogP contribution in [0.2, 0.25) is 0 Å². The average Bonchev–Trinajstić information content (AvgIpc) is 2.70. The molecule has 0 saturated carbocycles. The normalized spacial score (nSPS) is 12.9. The first-order valence-electron chi connectivity index (χ1n) is 5.21. The second kappa shape index (κ2) is 5.12. The molecule has 1 heterocycles. The van der Waals surface area contributed by atoms with Gasteiger partial charge in [-0.15, -0.1) is 0 Å². The molecule has 0 N–H and O–H groups in total. The van der Waals surface area contributed by atoms with Gasteiger partial charge >= 0.3 is 0 Å². The Hall–Kier alpha value is -1.36. The summed E-state index contributed by atoms with van der Waals surface area (Å²) in [7, 11) is 3.03. The molecule has 0 fully saturated rings. The first-order valence-corrected chi connectivity index (χ1v) is 5.21. The van der Waals surface area contributed by atoms with Crippen molar-refractivity contribution >= 4 is 5.78 Å². The maximum absolute atomic E-state index is 12.1. The van der Waals surface area contributed by atoms with Gasteiger partial charge in [-0.05, 0) is 20.8 Å². The van der Waals surface area contributed by atoms with Crippen LogP contribution in [0, 0.1) is 0 Å². The van der Waals surface area contributed by atoms with Crippen molar-refractivity contribution in [1.29, 1.82) is 0 Å². The van der Waals surface area contributed by atoms with Crippen LogP contribution in [0.1, 0.15) is 37.3 Å². The molecule has 0 spiro atoms. The van der Waals surface area contributed by atoms with E-state index in [0.717, 1.165) is 0 Å². The fourth-order valence-electron chi connectivity index (χ4n) is 1.42. The summed E-state index contributed by atoms with van der Waals surface area (Å²) >= 11 is 0. The third-order valence-electron chi connectivity index (χ3n) is 2.43. The van der Waals surface area contributed by atoms with E-state index in [1.807, 2.05) is 13.8 Å². The number of nitrogens with zero attached hydrogens (tertiary/aromatic N) is 2. The Morgan fingerprint density at radius 1 is 1.38 bits per heavy atom. The Kier molecular flexibility index (Phi) is 4.06. The molecule has 1 aromatic heterocycles. The Morgan fingerprint density at radius 2 is 2.00 bits per heavy atom. The number of aromatic nitrogens is 2. The second-order valence-electron chi connectivity index (χ2n) is 3.84. The quantitative estimate of drug-likeness (QED) is 0.717. The van der Waals surface area contributed by atoms with Crippen molar-refractivity contribution < 1.29 is 14.3 Å². The summed E-state index contributed by atoms with van der Waals surface area (Å²) in [5.74, 6) is 0.369. The molecule has 90 valence electrons. The van der Waals surface area contributed by atoms with Gasteiger partial charge in [0.2, 0.25) is 5.78 Å². The molecule has 5 nitrogen and oxygen atoms in total. The highest BCUT2D eigenvalue weighted by molar-refractivity contribution is 6.00. The predicted octanol–water partition coefficient (Wildman–Crippen LogP) is 1.69. The monoisotopic (exact) mass is 226 g/mol. The lowest BCUT2D eigenvalue weighted by Gasteiger charge is -2.14. The van der Waals surface area contributed by atoms with E-state index < -0.39 is 6.10 Å². The Bertz CT molecular complexity index is 371. The minimum absolute atomic E-state index is 0.104. The number of carbonyl (C=O) groups excluding carboxylic acids is 1. The number of methoxy groups -OCH3 is 2. The summed E-state index contributed by atoms with van der Waals surface area (Å²) in [4.78, 5) is 12.1. The molecule has 1 atom stereocenters. The highest BCUT2D eigenvalue weighted by Crippen LogP contribution is 2.22. The molecule has 0 aliphatic carbocycles. The summed E-state index contributed by atoms with van der Waals surface area (Å²) < 4.78 is 11.8. The molecule has 1 aromatic rings. The molecule has 1 rings (SSSR count). The molecule has 16 heavy (non-hydrogen) atoms. The zero-order chi connectivity index (χ0) is 12.3. The second-order valence-corrected chi connectivity index (χ2v) is 3.84. The van der Waals surface area contributed by atoms with Crippen molar-refractivity contribution in [3.63, 3.8) is 0 Å². The van der Waals surface area contributed by atoms with E-state index in [1.54, 1.807) is 17.8 Å². The maximum atomic E-state index is 12.1. The number of hydrogen-bond acceptors (Lipinski definition) is 4. The SMILES string of the molecule is COc1cnn(C(C)C)c1C(=O)C(C)OC. The van der Waals surface area contributed by atoms with Gasteiger partial charge in [0.15, 0.2) is 5.75 Å². The van der Waals surface area contributed by atoms with E-state index in [9.17, 15) is 4.79 Å². The van der Waals surface area contributed by atoms with Gasteiger partial charge in [0, 0.05) is 13.2 Å². The molecule has 0 saturated heterocycles. The van der Waals surface area contributed by atoms with Crippen LogP contribution in [0.3, 0.4) is 0 Å². The topological polar surface area (TPSA) is 53.4 Å². The van der Waals surface area contributed by atoms with Crippen molar-refractivity contribution in [3.05, 3.63) is 11.9 Å². The van der Waals surface area contributed by atoms with Crippen LogP contribution in [0.5, 0.6) is 5.75 Å². The standard InChI is InChI=1S/C11H18N2O3/c1-7(2)13-10(9(16-5)6-12-13)11(14)8(3)15-4/h6-8H,1-5H3. The fourth-order valence-corrected chi connectivity index (χ4v) is 1.42. The van der Waals surface area contributed by atoms with Crippen molar-refractivity contribution in [2.75, 3.05) is 14.2 Å². The van der Waals surface area contributed by atoms with Crippen LogP contribution in [0.15, 0.2) is 6.20 Å². The van der Waals surface area contributed by atoms with E-state index in [4.69, 9.17) is 9.47 Å². The van der Waals surface area contributed by atoms with E-state index in [1.165, 1.54) is 14.2 Å². The minimum atomic E-state index is -0.497. The van der Waals surface area contributed by atoms with Gasteiger partial charge < -0.3 is 9.47 Å². The van der Waals surface area contributed by atoms with E-state index in [-0.39, 0.29) is 11.8 Å². The van der Waals surface area contributed by atoms with Crippen LogP contribution >= 0.6 is 0 Å². The number of ketones is 1. The molecule has 0 bridgehead atoms. The first kappa shape index (κ1) is 12.7. The first-order chi connectivity index (χ1) is 7.52. The van der Waals surface area contributed by atoms with Gasteiger partial charge in [-0.25, -0.2) is 0 Å². The van der Waals surface area contributed by atoms with Gasteiger partial charge in [0.1, 0.15) is 11.8 Å². The van der Waals surface area contributed by atoms with E-state index in [2.05, 4.69) is 5.10 Å². The molecular formula is C11H18N2O3. The van der Waals surface area contributed by atoms with Crippen LogP contribution < -0.4 is 4.74 Å². The Morgan fingerprint density at radius 3 is 2.44 bits per heavy atom. The highest BCUT2D eigenvalue weighted by atomic mass is 16.5. The molecule has 0 radical (unpaired) electrons. The zero-order valence-electron chi connectivity index (χ0n) is 10.4. The molecule has 5 heteroatoms. The Labute approximate surface area is 95.3 Å². The highest BCUT2D eigenvalue weighted by Gasteiger charge is 2.25. The minimum Gasteiger partial charge on any atom is -0.493 e. The molecule has 0 aliphatic heterocycles. The van der Waals surface area contributed by atoms with Crippen molar-refractivity contribution in [2.45, 2.75) is 32.9 Å². The summed E-state index contributed by atoms with van der Waals surface area (Å²) in [5, 5.41) is 4.14. The van der Waals surface area contributed by atoms with Crippen molar-refractivity contribution in [1.82, 2.24) is 9.78 Å². The number of carbonyl (C=O) groups is 1. The predicted molar refractivity (Wildman–Crippen MR) is 60.0 cm³/mol. The lowest BCUT2D eigenvalue weighted by Crippen LogP contribution is -2.24. The van der Waals surface area contributed by atoms with Crippen LogP contribution in [0.25, 0.3) is 0 Å². The summed E-state index contributed by atoms with van der Waals surface area (Å²) in [5.41, 5.74) is 0.465. The maximum Gasteiger partial charge on any atom is 0.213 e. The smallest absolute Gasteiger partial charge is 0.213 e. The van der Waals surface area contributed by atoms with E-state index in [0.29, 0.717) is 11.4 Å². The lowest BCUT2D eigenvalue weighted by atomic mass is 10.1. The zero-order valence-corrected chi connectivity index (χ0v) is 10.4. The lowest BCUT2D eigenvalue weighted by molar-refractivity contribution is 0.0639. The number of rotatable bonds is 5. The molecule has 1 unspecified atom stereocenters. The van der Waals surface area contributed by atoms with Crippen LogP contribution in [0.4, 0.5) is 0 Å². The molecule has 0 aliphatic rings. The fraction of sp³-hybridized carbons (Fsp3) is 0.636. The number of Topliss-reactive ketones (excluding diaryl/α,β-unsaturated/α-hetero) is 1.